The highest BCUT2D eigenvalue weighted by atomic mass is 16.3. The lowest BCUT2D eigenvalue weighted by Crippen LogP contribution is -2.18. The molecular weight excluding hydrogens is 354 g/mol. The van der Waals surface area contributed by atoms with Gasteiger partial charge in [-0.3, -0.25) is 9.59 Å². The van der Waals surface area contributed by atoms with Gasteiger partial charge in [-0.15, -0.1) is 0 Å². The lowest BCUT2D eigenvalue weighted by atomic mass is 10.1. The number of rotatable bonds is 6. The first-order valence-corrected chi connectivity index (χ1v) is 8.84. The average Bonchev–Trinajstić information content (AvgIpc) is 2.70. The van der Waals surface area contributed by atoms with Gasteiger partial charge < -0.3 is 21.5 Å². The van der Waals surface area contributed by atoms with Crippen LogP contribution in [0.25, 0.3) is 0 Å². The Balaban J connectivity index is 1.74. The number of amides is 2. The number of benzene rings is 3. The second kappa shape index (κ2) is 8.83. The van der Waals surface area contributed by atoms with Crippen LogP contribution >= 0.6 is 0 Å². The molecule has 6 heteroatoms. The highest BCUT2D eigenvalue weighted by molar-refractivity contribution is 6.12. The fraction of sp³-hybridized carbons (Fsp3) is 0.0909. The summed E-state index contributed by atoms with van der Waals surface area (Å²) in [7, 11) is 0. The normalized spacial score (nSPS) is 10.3. The molecule has 0 radical (unpaired) electrons. The van der Waals surface area contributed by atoms with Crippen LogP contribution in [-0.2, 0) is 6.42 Å². The molecule has 0 saturated carbocycles. The number of carbonyl (C=O) groups is 2. The van der Waals surface area contributed by atoms with Gasteiger partial charge in [0.2, 0.25) is 0 Å². The molecule has 0 heterocycles. The molecule has 5 N–H and O–H groups in total. The second-order valence-corrected chi connectivity index (χ2v) is 6.25. The Morgan fingerprint density at radius 3 is 2.18 bits per heavy atom. The van der Waals surface area contributed by atoms with Crippen molar-refractivity contribution < 1.29 is 14.7 Å². The predicted octanol–water partition coefficient (Wildman–Crippen LogP) is 3.31. The number of para-hydroxylation sites is 1. The van der Waals surface area contributed by atoms with Crippen molar-refractivity contribution in [2.45, 2.75) is 6.42 Å². The molecule has 0 unspecified atom stereocenters. The Labute approximate surface area is 163 Å². The number of anilines is 3. The van der Waals surface area contributed by atoms with Crippen LogP contribution in [0.15, 0.2) is 72.8 Å². The molecule has 3 rings (SSSR count). The van der Waals surface area contributed by atoms with Crippen LogP contribution < -0.4 is 16.4 Å². The van der Waals surface area contributed by atoms with Gasteiger partial charge in [-0.25, -0.2) is 0 Å². The molecule has 6 nitrogen and oxygen atoms in total. The van der Waals surface area contributed by atoms with Crippen molar-refractivity contribution in [1.29, 1.82) is 0 Å². The Hall–Kier alpha value is -3.64. The summed E-state index contributed by atoms with van der Waals surface area (Å²) in [6, 6.07) is 20.6. The quantitative estimate of drug-likeness (QED) is 0.496. The van der Waals surface area contributed by atoms with Crippen LogP contribution in [0.5, 0.6) is 0 Å². The zero-order valence-electron chi connectivity index (χ0n) is 15.2. The Morgan fingerprint density at radius 2 is 1.50 bits per heavy atom. The van der Waals surface area contributed by atoms with Gasteiger partial charge in [0, 0.05) is 23.5 Å². The topological polar surface area (TPSA) is 104 Å². The van der Waals surface area contributed by atoms with Crippen molar-refractivity contribution in [3.8, 4) is 0 Å². The Morgan fingerprint density at radius 1 is 0.821 bits per heavy atom. The molecule has 3 aromatic rings. The summed E-state index contributed by atoms with van der Waals surface area (Å²) in [4.78, 5) is 25.1. The summed E-state index contributed by atoms with van der Waals surface area (Å²) in [6.45, 7) is 0.0762. The van der Waals surface area contributed by atoms with Gasteiger partial charge in [-0.2, -0.15) is 0 Å². The van der Waals surface area contributed by atoms with Gasteiger partial charge >= 0.3 is 0 Å². The van der Waals surface area contributed by atoms with Gasteiger partial charge in [0.05, 0.1) is 11.3 Å². The van der Waals surface area contributed by atoms with E-state index in [1.165, 1.54) is 0 Å². The molecule has 0 spiro atoms. The third-order valence-corrected chi connectivity index (χ3v) is 4.21. The van der Waals surface area contributed by atoms with Crippen molar-refractivity contribution in [1.82, 2.24) is 0 Å². The number of nitrogen functional groups attached to an aromatic ring is 1. The van der Waals surface area contributed by atoms with Crippen LogP contribution in [-0.4, -0.2) is 23.5 Å². The first kappa shape index (κ1) is 19.1. The average molecular weight is 375 g/mol. The summed E-state index contributed by atoms with van der Waals surface area (Å²) in [6.07, 6.45) is 0.564. The van der Waals surface area contributed by atoms with Crippen LogP contribution in [0.3, 0.4) is 0 Å². The molecular formula is C22H21N3O3. The Kier molecular flexibility index (Phi) is 6.04. The summed E-state index contributed by atoms with van der Waals surface area (Å²) >= 11 is 0. The molecule has 2 amide bonds. The maximum atomic E-state index is 12.7. The van der Waals surface area contributed by atoms with Gasteiger partial charge in [-0.05, 0) is 60.5 Å². The van der Waals surface area contributed by atoms with E-state index in [0.717, 1.165) is 5.56 Å². The van der Waals surface area contributed by atoms with E-state index in [1.54, 1.807) is 60.7 Å². The van der Waals surface area contributed by atoms with E-state index in [2.05, 4.69) is 10.6 Å². The predicted molar refractivity (Wildman–Crippen MR) is 110 cm³/mol. The van der Waals surface area contributed by atoms with Crippen molar-refractivity contribution in [3.63, 3.8) is 0 Å². The molecule has 0 bridgehead atoms. The van der Waals surface area contributed by atoms with Gasteiger partial charge in [0.25, 0.3) is 11.8 Å². The fourth-order valence-electron chi connectivity index (χ4n) is 2.70. The SMILES string of the molecule is Nc1ccc(C(=O)Nc2ccccc2C(=O)Nc2ccc(CCO)cc2)cc1. The minimum absolute atomic E-state index is 0.0762. The lowest BCUT2D eigenvalue weighted by molar-refractivity contribution is 0.102. The number of nitrogens with two attached hydrogens (primary N) is 1. The summed E-state index contributed by atoms with van der Waals surface area (Å²) < 4.78 is 0. The maximum Gasteiger partial charge on any atom is 0.257 e. The zero-order valence-corrected chi connectivity index (χ0v) is 15.2. The molecule has 0 fully saturated rings. The molecule has 3 aromatic carbocycles. The third-order valence-electron chi connectivity index (χ3n) is 4.21. The summed E-state index contributed by atoms with van der Waals surface area (Å²) in [5.74, 6) is -0.656. The van der Waals surface area contributed by atoms with Crippen LogP contribution in [0.1, 0.15) is 26.3 Å². The number of aliphatic hydroxyl groups is 1. The Bertz CT molecular complexity index is 967. The minimum atomic E-state index is -0.330. The van der Waals surface area contributed by atoms with E-state index in [-0.39, 0.29) is 18.4 Å². The molecule has 28 heavy (non-hydrogen) atoms. The minimum Gasteiger partial charge on any atom is -0.399 e. The maximum absolute atomic E-state index is 12.7. The standard InChI is InChI=1S/C22H21N3O3/c23-17-9-7-16(8-10-17)21(27)25-20-4-2-1-3-19(20)22(28)24-18-11-5-15(6-12-18)13-14-26/h1-12,26H,13-14,23H2,(H,24,28)(H,25,27). The van der Waals surface area contributed by atoms with Crippen LogP contribution in [0.4, 0.5) is 17.1 Å². The molecule has 0 saturated heterocycles. The van der Waals surface area contributed by atoms with Gasteiger partial charge in [0.15, 0.2) is 0 Å². The van der Waals surface area contributed by atoms with Gasteiger partial charge in [0.1, 0.15) is 0 Å². The number of carbonyl (C=O) groups excluding carboxylic acids is 2. The number of aliphatic hydroxyl groups excluding tert-OH is 1. The van der Waals surface area contributed by atoms with Gasteiger partial charge in [-0.1, -0.05) is 24.3 Å². The van der Waals surface area contributed by atoms with Crippen LogP contribution in [0, 0.1) is 0 Å². The molecule has 0 aliphatic rings. The smallest absolute Gasteiger partial charge is 0.257 e. The number of nitrogens with one attached hydrogen (secondary N) is 2. The second-order valence-electron chi connectivity index (χ2n) is 6.25. The number of hydrogen-bond acceptors (Lipinski definition) is 4. The van der Waals surface area contributed by atoms with Crippen molar-refractivity contribution in [2.24, 2.45) is 0 Å². The molecule has 0 atom stereocenters. The van der Waals surface area contributed by atoms with Crippen molar-refractivity contribution in [3.05, 3.63) is 89.5 Å². The van der Waals surface area contributed by atoms with E-state index >= 15 is 0 Å². The first-order valence-electron chi connectivity index (χ1n) is 8.84. The summed E-state index contributed by atoms with van der Waals surface area (Å²) in [5.41, 5.74) is 9.05. The largest absolute Gasteiger partial charge is 0.399 e. The fourth-order valence-corrected chi connectivity index (χ4v) is 2.70. The van der Waals surface area contributed by atoms with Crippen molar-refractivity contribution in [2.75, 3.05) is 23.0 Å². The molecule has 0 aliphatic carbocycles. The lowest BCUT2D eigenvalue weighted by Gasteiger charge is -2.12. The molecule has 142 valence electrons. The van der Waals surface area contributed by atoms with E-state index in [4.69, 9.17) is 10.8 Å². The highest BCUT2D eigenvalue weighted by Crippen LogP contribution is 2.19. The van der Waals surface area contributed by atoms with Crippen molar-refractivity contribution >= 4 is 28.9 Å². The monoisotopic (exact) mass is 375 g/mol. The van der Waals surface area contributed by atoms with E-state index < -0.39 is 0 Å². The molecule has 0 aromatic heterocycles. The third kappa shape index (κ3) is 4.75. The zero-order chi connectivity index (χ0) is 19.9. The first-order chi connectivity index (χ1) is 13.6. The van der Waals surface area contributed by atoms with E-state index in [0.29, 0.717) is 34.6 Å². The van der Waals surface area contributed by atoms with E-state index in [9.17, 15) is 9.59 Å². The van der Waals surface area contributed by atoms with E-state index in [1.807, 2.05) is 12.1 Å². The highest BCUT2D eigenvalue weighted by Gasteiger charge is 2.14. The summed E-state index contributed by atoms with van der Waals surface area (Å²) in [5, 5.41) is 14.6. The number of hydrogen-bond donors (Lipinski definition) is 4. The van der Waals surface area contributed by atoms with Crippen LogP contribution in [0.2, 0.25) is 0 Å². The molecule has 0 aliphatic heterocycles.